The molecule has 144 valence electrons. The molecule has 2 heterocycles. The first-order chi connectivity index (χ1) is 12.3. The summed E-state index contributed by atoms with van der Waals surface area (Å²) in [6, 6.07) is 2.70. The van der Waals surface area contributed by atoms with Gasteiger partial charge >= 0.3 is 6.18 Å². The third-order valence-corrected chi connectivity index (χ3v) is 3.60. The van der Waals surface area contributed by atoms with Gasteiger partial charge in [-0.05, 0) is 24.3 Å². The van der Waals surface area contributed by atoms with Crippen LogP contribution in [0.1, 0.15) is 5.56 Å². The molecule has 0 aliphatic rings. The van der Waals surface area contributed by atoms with Crippen LogP contribution in [0, 0.1) is 5.82 Å². The van der Waals surface area contributed by atoms with Crippen molar-refractivity contribution in [2.45, 2.75) is 12.7 Å². The zero-order valence-corrected chi connectivity index (χ0v) is 14.4. The molecule has 0 radical (unpaired) electrons. The highest BCUT2D eigenvalue weighted by Crippen LogP contribution is 2.36. The van der Waals surface area contributed by atoms with E-state index in [0.717, 1.165) is 35.2 Å². The van der Waals surface area contributed by atoms with Crippen LogP contribution in [0.2, 0.25) is 0 Å². The molecule has 5 nitrogen and oxygen atoms in total. The van der Waals surface area contributed by atoms with Crippen LogP contribution in [0.4, 0.5) is 22.0 Å². The molecule has 0 fully saturated rings. The largest absolute Gasteiger partial charge is 0.416 e. The van der Waals surface area contributed by atoms with E-state index in [1.165, 1.54) is 6.20 Å². The molecule has 11 heteroatoms. The smallest absolute Gasteiger partial charge is 0.327 e. The first-order valence-corrected chi connectivity index (χ1v) is 7.39. The molecular formula is C16H13ClF5N5. The topological polar surface area (TPSA) is 69.6 Å². The van der Waals surface area contributed by atoms with Gasteiger partial charge < -0.3 is 5.73 Å². The van der Waals surface area contributed by atoms with Crippen molar-refractivity contribution in [3.8, 4) is 11.1 Å². The molecule has 1 aromatic carbocycles. The Bertz CT molecular complexity index is 983. The molecule has 3 aromatic rings. The average Bonchev–Trinajstić information content (AvgIpc) is 2.96. The van der Waals surface area contributed by atoms with Gasteiger partial charge in [0.1, 0.15) is 17.2 Å². The highest BCUT2D eigenvalue weighted by Gasteiger charge is 2.32. The summed E-state index contributed by atoms with van der Waals surface area (Å²) in [6.45, 7) is -0.484. The number of hydrogen-bond donors (Lipinski definition) is 1. The van der Waals surface area contributed by atoms with E-state index in [1.807, 2.05) is 0 Å². The van der Waals surface area contributed by atoms with Crippen LogP contribution in [-0.2, 0) is 12.7 Å². The molecule has 0 unspecified atom stereocenters. The molecule has 2 aromatic heterocycles. The lowest BCUT2D eigenvalue weighted by atomic mass is 10.0. The van der Waals surface area contributed by atoms with E-state index >= 15 is 0 Å². The van der Waals surface area contributed by atoms with Crippen LogP contribution in [0.3, 0.4) is 0 Å². The molecule has 0 amide bonds. The van der Waals surface area contributed by atoms with Gasteiger partial charge in [0.15, 0.2) is 0 Å². The van der Waals surface area contributed by atoms with E-state index in [4.69, 9.17) is 5.73 Å². The van der Waals surface area contributed by atoms with E-state index in [9.17, 15) is 22.0 Å². The Morgan fingerprint density at radius 1 is 1.19 bits per heavy atom. The highest BCUT2D eigenvalue weighted by molar-refractivity contribution is 5.92. The fraction of sp³-hybridized carbons (Fsp3) is 0.188. The van der Waals surface area contributed by atoms with Gasteiger partial charge in [-0.3, -0.25) is 4.98 Å². The molecule has 0 spiro atoms. The van der Waals surface area contributed by atoms with Crippen molar-refractivity contribution >= 4 is 23.4 Å². The lowest BCUT2D eigenvalue weighted by Crippen LogP contribution is -2.07. The second kappa shape index (κ2) is 7.97. The van der Waals surface area contributed by atoms with Gasteiger partial charge in [-0.2, -0.15) is 13.2 Å². The van der Waals surface area contributed by atoms with Crippen LogP contribution in [0.5, 0.6) is 0 Å². The Kier molecular flexibility index (Phi) is 6.11. The van der Waals surface area contributed by atoms with Crippen molar-refractivity contribution in [3.05, 3.63) is 53.9 Å². The molecule has 3 rings (SSSR count). The fourth-order valence-corrected chi connectivity index (χ4v) is 2.46. The standard InChI is InChI=1S/C16H12F5N5.ClH/c17-11(1-2-22)8-26-14-5-10(16(19,20)21)4-13(15(14)24-25-26)9-3-12(18)7-23-6-9;/h1,3-7H,2,8,22H2;1H/b11-1-;. The number of rotatable bonds is 4. The number of alkyl halides is 3. The number of aromatic nitrogens is 4. The van der Waals surface area contributed by atoms with Gasteiger partial charge in [0.25, 0.3) is 0 Å². The summed E-state index contributed by atoms with van der Waals surface area (Å²) in [5.41, 5.74) is 4.36. The maximum absolute atomic E-state index is 13.7. The monoisotopic (exact) mass is 405 g/mol. The minimum Gasteiger partial charge on any atom is -0.327 e. The van der Waals surface area contributed by atoms with Crippen LogP contribution >= 0.6 is 12.4 Å². The number of benzene rings is 1. The Hall–Kier alpha value is -2.59. The number of fused-ring (bicyclic) bond motifs is 1. The van der Waals surface area contributed by atoms with Crippen molar-refractivity contribution in [1.82, 2.24) is 20.0 Å². The number of allylic oxidation sites excluding steroid dienone is 1. The normalized spacial score (nSPS) is 12.3. The Balaban J connectivity index is 0.00000261. The van der Waals surface area contributed by atoms with E-state index in [2.05, 4.69) is 15.3 Å². The second-order valence-electron chi connectivity index (χ2n) is 5.41. The number of nitrogens with zero attached hydrogens (tertiary/aromatic N) is 4. The first kappa shape index (κ1) is 20.7. The van der Waals surface area contributed by atoms with E-state index in [-0.39, 0.29) is 41.1 Å². The van der Waals surface area contributed by atoms with Crippen LogP contribution < -0.4 is 5.73 Å². The summed E-state index contributed by atoms with van der Waals surface area (Å²) in [7, 11) is 0. The Morgan fingerprint density at radius 3 is 2.56 bits per heavy atom. The van der Waals surface area contributed by atoms with Gasteiger partial charge in [-0.15, -0.1) is 17.5 Å². The molecule has 0 atom stereocenters. The third-order valence-electron chi connectivity index (χ3n) is 3.60. The molecule has 0 bridgehead atoms. The molecule has 0 saturated heterocycles. The minimum absolute atomic E-state index is 0. The van der Waals surface area contributed by atoms with Crippen molar-refractivity contribution < 1.29 is 22.0 Å². The van der Waals surface area contributed by atoms with Crippen molar-refractivity contribution in [3.63, 3.8) is 0 Å². The summed E-state index contributed by atoms with van der Waals surface area (Å²) in [6.07, 6.45) is -1.44. The molecule has 0 saturated carbocycles. The highest BCUT2D eigenvalue weighted by atomic mass is 35.5. The number of nitrogens with two attached hydrogens (primary N) is 1. The van der Waals surface area contributed by atoms with Crippen molar-refractivity contribution in [1.29, 1.82) is 0 Å². The minimum atomic E-state index is -4.66. The van der Waals surface area contributed by atoms with Gasteiger partial charge in [-0.1, -0.05) is 5.21 Å². The van der Waals surface area contributed by atoms with Crippen molar-refractivity contribution in [2.75, 3.05) is 6.54 Å². The molecule has 0 aliphatic carbocycles. The summed E-state index contributed by atoms with van der Waals surface area (Å²) in [5, 5.41) is 7.54. The number of pyridine rings is 1. The van der Waals surface area contributed by atoms with E-state index in [1.54, 1.807) is 0 Å². The first-order valence-electron chi connectivity index (χ1n) is 7.39. The van der Waals surface area contributed by atoms with Crippen LogP contribution in [0.25, 0.3) is 22.2 Å². The van der Waals surface area contributed by atoms with Gasteiger partial charge in [0.2, 0.25) is 0 Å². The van der Waals surface area contributed by atoms with E-state index in [0.29, 0.717) is 0 Å². The van der Waals surface area contributed by atoms with Gasteiger partial charge in [0, 0.05) is 23.9 Å². The predicted octanol–water partition coefficient (Wildman–Crippen LogP) is 3.89. The average molecular weight is 406 g/mol. The summed E-state index contributed by atoms with van der Waals surface area (Å²) in [4.78, 5) is 3.64. The Morgan fingerprint density at radius 2 is 1.93 bits per heavy atom. The predicted molar refractivity (Wildman–Crippen MR) is 91.2 cm³/mol. The quantitative estimate of drug-likeness (QED) is 0.669. The SMILES string of the molecule is Cl.NC/C=C(\F)Cn1nnc2c(-c3cncc(F)c3)cc(C(F)(F)F)cc21. The zero-order valence-electron chi connectivity index (χ0n) is 13.5. The summed E-state index contributed by atoms with van der Waals surface area (Å²) >= 11 is 0. The zero-order chi connectivity index (χ0) is 18.9. The molecule has 0 aliphatic heterocycles. The van der Waals surface area contributed by atoms with Gasteiger partial charge in [0.05, 0.1) is 23.8 Å². The lowest BCUT2D eigenvalue weighted by Gasteiger charge is -2.11. The maximum Gasteiger partial charge on any atom is 0.416 e. The van der Waals surface area contributed by atoms with Crippen molar-refractivity contribution in [2.24, 2.45) is 5.73 Å². The maximum atomic E-state index is 13.7. The summed E-state index contributed by atoms with van der Waals surface area (Å²) < 4.78 is 68.0. The molecular weight excluding hydrogens is 393 g/mol. The fourth-order valence-electron chi connectivity index (χ4n) is 2.46. The van der Waals surface area contributed by atoms with Crippen LogP contribution in [-0.4, -0.2) is 26.5 Å². The number of halogens is 6. The van der Waals surface area contributed by atoms with Gasteiger partial charge in [-0.25, -0.2) is 13.5 Å². The lowest BCUT2D eigenvalue weighted by molar-refractivity contribution is -0.137. The third kappa shape index (κ3) is 4.40. The van der Waals surface area contributed by atoms with E-state index < -0.39 is 29.9 Å². The number of hydrogen-bond acceptors (Lipinski definition) is 4. The molecule has 2 N–H and O–H groups in total. The second-order valence-corrected chi connectivity index (χ2v) is 5.41. The summed E-state index contributed by atoms with van der Waals surface area (Å²) in [5.74, 6) is -1.37. The molecule has 27 heavy (non-hydrogen) atoms. The van der Waals surface area contributed by atoms with Crippen LogP contribution in [0.15, 0.2) is 42.5 Å². The Labute approximate surface area is 156 Å².